The largest absolute Gasteiger partial charge is 0.366 e. The summed E-state index contributed by atoms with van der Waals surface area (Å²) in [6.07, 6.45) is 3.22. The number of nitrogens with zero attached hydrogens (tertiary/aromatic N) is 2. The van der Waals surface area contributed by atoms with E-state index in [0.717, 1.165) is 54.7 Å². The van der Waals surface area contributed by atoms with E-state index in [9.17, 15) is 4.79 Å². The first kappa shape index (κ1) is 18.2. The van der Waals surface area contributed by atoms with Gasteiger partial charge in [0.15, 0.2) is 0 Å². The van der Waals surface area contributed by atoms with Gasteiger partial charge >= 0.3 is 0 Å². The topological polar surface area (TPSA) is 75.0 Å². The predicted octanol–water partition coefficient (Wildman–Crippen LogP) is 3.85. The van der Waals surface area contributed by atoms with Crippen LogP contribution in [0.4, 0.5) is 0 Å². The summed E-state index contributed by atoms with van der Waals surface area (Å²) in [4.78, 5) is 22.2. The van der Waals surface area contributed by atoms with Crippen molar-refractivity contribution in [1.82, 2.24) is 14.9 Å². The predicted molar refractivity (Wildman–Crippen MR) is 111 cm³/mol. The molecule has 0 aliphatic carbocycles. The van der Waals surface area contributed by atoms with Gasteiger partial charge in [0, 0.05) is 16.9 Å². The van der Waals surface area contributed by atoms with E-state index in [1.165, 1.54) is 5.56 Å². The Balaban J connectivity index is 1.37. The summed E-state index contributed by atoms with van der Waals surface area (Å²) in [6.45, 7) is 3.22. The average Bonchev–Trinajstić information content (AvgIpc) is 3.12. The minimum absolute atomic E-state index is 0.405. The number of piperidine rings is 1. The maximum atomic E-state index is 11.6. The highest BCUT2D eigenvalue weighted by molar-refractivity contribution is 9.10. The van der Waals surface area contributed by atoms with Gasteiger partial charge in [-0.3, -0.25) is 4.79 Å². The Kier molecular flexibility index (Phi) is 5.27. The van der Waals surface area contributed by atoms with Crippen molar-refractivity contribution in [3.8, 4) is 0 Å². The Morgan fingerprint density at radius 2 is 1.93 bits per heavy atom. The second-order valence-corrected chi connectivity index (χ2v) is 8.10. The van der Waals surface area contributed by atoms with Crippen LogP contribution in [0.5, 0.6) is 0 Å². The van der Waals surface area contributed by atoms with Crippen molar-refractivity contribution in [3.05, 3.63) is 63.9 Å². The average molecular weight is 427 g/mol. The van der Waals surface area contributed by atoms with E-state index >= 15 is 0 Å². The first-order valence-electron chi connectivity index (χ1n) is 9.35. The fourth-order valence-corrected chi connectivity index (χ4v) is 4.08. The van der Waals surface area contributed by atoms with Gasteiger partial charge in [-0.25, -0.2) is 4.98 Å². The molecular weight excluding hydrogens is 404 g/mol. The molecule has 1 amide bonds. The molecule has 4 rings (SSSR count). The lowest BCUT2D eigenvalue weighted by molar-refractivity contribution is 0.100. The van der Waals surface area contributed by atoms with E-state index < -0.39 is 5.91 Å². The van der Waals surface area contributed by atoms with Crippen LogP contribution in [-0.2, 0) is 6.42 Å². The smallest absolute Gasteiger partial charge is 0.250 e. The second-order valence-electron chi connectivity index (χ2n) is 7.18. The number of imidazole rings is 1. The molecule has 3 N–H and O–H groups in total. The van der Waals surface area contributed by atoms with Crippen LogP contribution in [-0.4, -0.2) is 40.4 Å². The van der Waals surface area contributed by atoms with Crippen molar-refractivity contribution < 1.29 is 4.79 Å². The highest BCUT2D eigenvalue weighted by Crippen LogP contribution is 2.28. The fraction of sp³-hybridized carbons (Fsp3) is 0.333. The number of nitrogens with two attached hydrogens (primary N) is 1. The van der Waals surface area contributed by atoms with Crippen LogP contribution in [0.15, 0.2) is 46.9 Å². The number of fused-ring (bicyclic) bond motifs is 1. The number of carbonyl (C=O) groups excluding carboxylic acids is 1. The first-order valence-corrected chi connectivity index (χ1v) is 10.1. The van der Waals surface area contributed by atoms with Gasteiger partial charge in [-0.2, -0.15) is 0 Å². The molecule has 0 atom stereocenters. The summed E-state index contributed by atoms with van der Waals surface area (Å²) in [7, 11) is 0. The molecule has 1 saturated heterocycles. The van der Waals surface area contributed by atoms with E-state index in [-0.39, 0.29) is 0 Å². The van der Waals surface area contributed by atoms with Gasteiger partial charge in [0.2, 0.25) is 0 Å². The van der Waals surface area contributed by atoms with E-state index in [1.807, 2.05) is 12.1 Å². The standard InChI is InChI=1S/C21H23BrN4O/c22-16-6-4-14(5-7-16)8-11-26-12-9-15(10-13-26)21-24-18-3-1-2-17(20(23)27)19(18)25-21/h1-7,15H,8-13H2,(H2,23,27)(H,24,25). The maximum absolute atomic E-state index is 11.6. The van der Waals surface area contributed by atoms with Gasteiger partial charge in [-0.15, -0.1) is 0 Å². The number of benzene rings is 2. The molecule has 5 nitrogen and oxygen atoms in total. The highest BCUT2D eigenvalue weighted by Gasteiger charge is 2.23. The zero-order valence-electron chi connectivity index (χ0n) is 15.1. The Morgan fingerprint density at radius 3 is 2.63 bits per heavy atom. The monoisotopic (exact) mass is 426 g/mol. The van der Waals surface area contributed by atoms with Gasteiger partial charge in [-0.1, -0.05) is 34.1 Å². The Morgan fingerprint density at radius 1 is 1.19 bits per heavy atom. The van der Waals surface area contributed by atoms with Crippen molar-refractivity contribution in [3.63, 3.8) is 0 Å². The first-order chi connectivity index (χ1) is 13.1. The number of carbonyl (C=O) groups is 1. The van der Waals surface area contributed by atoms with Crippen molar-refractivity contribution in [2.24, 2.45) is 5.73 Å². The molecule has 1 aliphatic heterocycles. The van der Waals surface area contributed by atoms with Crippen LogP contribution in [0.2, 0.25) is 0 Å². The third-order valence-electron chi connectivity index (χ3n) is 5.40. The number of primary amides is 1. The summed E-state index contributed by atoms with van der Waals surface area (Å²) < 4.78 is 1.12. The molecule has 2 heterocycles. The number of hydrogen-bond donors (Lipinski definition) is 2. The molecule has 1 aliphatic rings. The zero-order chi connectivity index (χ0) is 18.8. The van der Waals surface area contributed by atoms with E-state index in [1.54, 1.807) is 6.07 Å². The molecule has 0 radical (unpaired) electrons. The molecule has 6 heteroatoms. The number of rotatable bonds is 5. The quantitative estimate of drug-likeness (QED) is 0.650. The number of amides is 1. The lowest BCUT2D eigenvalue weighted by Crippen LogP contribution is -2.34. The summed E-state index contributed by atoms with van der Waals surface area (Å²) in [5.41, 5.74) is 8.91. The Labute approximate surface area is 167 Å². The van der Waals surface area contributed by atoms with Gasteiger partial charge in [0.25, 0.3) is 5.91 Å². The van der Waals surface area contributed by atoms with E-state index in [0.29, 0.717) is 17.0 Å². The maximum Gasteiger partial charge on any atom is 0.250 e. The molecule has 2 aromatic carbocycles. The van der Waals surface area contributed by atoms with Crippen molar-refractivity contribution in [2.45, 2.75) is 25.2 Å². The Hall–Kier alpha value is -2.18. The molecule has 0 saturated carbocycles. The minimum atomic E-state index is -0.429. The number of likely N-dealkylation sites (tertiary alicyclic amines) is 1. The van der Waals surface area contributed by atoms with Gasteiger partial charge in [0.1, 0.15) is 11.3 Å². The van der Waals surface area contributed by atoms with Crippen molar-refractivity contribution >= 4 is 32.9 Å². The van der Waals surface area contributed by atoms with Gasteiger partial charge in [-0.05, 0) is 62.2 Å². The highest BCUT2D eigenvalue weighted by atomic mass is 79.9. The number of aromatic amines is 1. The van der Waals surface area contributed by atoms with E-state index in [4.69, 9.17) is 10.7 Å². The summed E-state index contributed by atoms with van der Waals surface area (Å²) in [5, 5.41) is 0. The van der Waals surface area contributed by atoms with Crippen LogP contribution in [0, 0.1) is 0 Å². The minimum Gasteiger partial charge on any atom is -0.366 e. The Bertz CT molecular complexity index is 942. The van der Waals surface area contributed by atoms with Gasteiger partial charge < -0.3 is 15.6 Å². The molecule has 140 valence electrons. The number of aromatic nitrogens is 2. The molecule has 0 spiro atoms. The number of hydrogen-bond acceptors (Lipinski definition) is 3. The van der Waals surface area contributed by atoms with Crippen molar-refractivity contribution in [1.29, 1.82) is 0 Å². The van der Waals surface area contributed by atoms with Crippen molar-refractivity contribution in [2.75, 3.05) is 19.6 Å². The summed E-state index contributed by atoms with van der Waals surface area (Å²) in [6, 6.07) is 14.1. The van der Waals surface area contributed by atoms with E-state index in [2.05, 4.69) is 50.1 Å². The lowest BCUT2D eigenvalue weighted by atomic mass is 9.96. The van der Waals surface area contributed by atoms with Crippen LogP contribution in [0.1, 0.15) is 40.5 Å². The van der Waals surface area contributed by atoms with Crippen LogP contribution in [0.3, 0.4) is 0 Å². The van der Waals surface area contributed by atoms with Crippen LogP contribution >= 0.6 is 15.9 Å². The molecule has 1 fully saturated rings. The molecule has 0 unspecified atom stereocenters. The van der Waals surface area contributed by atoms with Crippen LogP contribution in [0.25, 0.3) is 11.0 Å². The molecule has 1 aromatic heterocycles. The molecule has 0 bridgehead atoms. The normalized spacial score (nSPS) is 16.0. The molecule has 27 heavy (non-hydrogen) atoms. The van der Waals surface area contributed by atoms with Crippen LogP contribution < -0.4 is 5.73 Å². The number of nitrogens with one attached hydrogen (secondary N) is 1. The zero-order valence-corrected chi connectivity index (χ0v) is 16.7. The number of para-hydroxylation sites is 1. The third kappa shape index (κ3) is 4.06. The summed E-state index contributed by atoms with van der Waals surface area (Å²) in [5.74, 6) is 0.953. The fourth-order valence-electron chi connectivity index (χ4n) is 3.81. The lowest BCUT2D eigenvalue weighted by Gasteiger charge is -2.31. The van der Waals surface area contributed by atoms with Gasteiger partial charge in [0.05, 0.1) is 11.1 Å². The third-order valence-corrected chi connectivity index (χ3v) is 5.93. The number of H-pyrrole nitrogens is 1. The number of halogens is 1. The summed E-state index contributed by atoms with van der Waals surface area (Å²) >= 11 is 3.48. The SMILES string of the molecule is NC(=O)c1cccc2[nH]c(C3CCN(CCc4ccc(Br)cc4)CC3)nc12. The molecule has 3 aromatic rings. The second kappa shape index (κ2) is 7.82. The molecular formula is C21H23BrN4O.